The zero-order valence-corrected chi connectivity index (χ0v) is 17.8. The molecule has 0 N–H and O–H groups in total. The minimum atomic E-state index is -0.615. The van der Waals surface area contributed by atoms with Gasteiger partial charge in [-0.25, -0.2) is 4.79 Å². The first kappa shape index (κ1) is 20.2. The molecule has 0 radical (unpaired) electrons. The van der Waals surface area contributed by atoms with E-state index in [1.54, 1.807) is 14.0 Å². The quantitative estimate of drug-likeness (QED) is 0.601. The molecule has 4 rings (SSSR count). The second-order valence-corrected chi connectivity index (χ2v) is 8.03. The van der Waals surface area contributed by atoms with Crippen LogP contribution in [0.25, 0.3) is 10.9 Å². The van der Waals surface area contributed by atoms with Crippen LogP contribution in [0.3, 0.4) is 0 Å². The van der Waals surface area contributed by atoms with Gasteiger partial charge in [0.2, 0.25) is 0 Å². The topological polar surface area (TPSA) is 71.8 Å². The summed E-state index contributed by atoms with van der Waals surface area (Å²) in [6.07, 6.45) is 0. The fourth-order valence-corrected chi connectivity index (χ4v) is 4.58. The van der Waals surface area contributed by atoms with Gasteiger partial charge in [-0.05, 0) is 24.4 Å². The molecule has 1 aliphatic rings. The highest BCUT2D eigenvalue weighted by atomic mass is 32.1. The number of hydrogen-bond acceptors (Lipinski definition) is 6. The number of esters is 1. The molecular formula is C22H23N3O4S. The lowest BCUT2D eigenvalue weighted by molar-refractivity contribution is 0.0523. The van der Waals surface area contributed by atoms with Gasteiger partial charge in [-0.15, -0.1) is 11.3 Å². The third kappa shape index (κ3) is 3.47. The fourth-order valence-electron chi connectivity index (χ4n) is 3.88. The predicted octanol–water partition coefficient (Wildman–Crippen LogP) is 2.74. The van der Waals surface area contributed by atoms with Crippen LogP contribution in [0, 0.1) is 0 Å². The van der Waals surface area contributed by atoms with Crippen LogP contribution < -0.4 is 10.5 Å². The van der Waals surface area contributed by atoms with Crippen LogP contribution in [0.5, 0.6) is 0 Å². The van der Waals surface area contributed by atoms with Crippen LogP contribution in [0.4, 0.5) is 5.69 Å². The molecule has 8 heteroatoms. The van der Waals surface area contributed by atoms with Gasteiger partial charge in [0.25, 0.3) is 11.5 Å². The Labute approximate surface area is 178 Å². The van der Waals surface area contributed by atoms with Gasteiger partial charge < -0.3 is 19.1 Å². The average molecular weight is 426 g/mol. The Bertz CT molecular complexity index is 1150. The molecule has 0 unspecified atom stereocenters. The number of aryl methyl sites for hydroxylation is 1. The van der Waals surface area contributed by atoms with Gasteiger partial charge in [0.05, 0.1) is 22.7 Å². The molecular weight excluding hydrogens is 402 g/mol. The minimum Gasteiger partial charge on any atom is -0.462 e. The van der Waals surface area contributed by atoms with Gasteiger partial charge in [0.15, 0.2) is 0 Å². The van der Waals surface area contributed by atoms with Gasteiger partial charge >= 0.3 is 5.97 Å². The number of nitrogens with zero attached hydrogens (tertiary/aromatic N) is 3. The van der Waals surface area contributed by atoms with Crippen molar-refractivity contribution in [1.82, 2.24) is 9.47 Å². The molecule has 1 aromatic carbocycles. The maximum absolute atomic E-state index is 13.1. The van der Waals surface area contributed by atoms with Crippen molar-refractivity contribution in [2.75, 3.05) is 37.7 Å². The number of pyridine rings is 1. The van der Waals surface area contributed by atoms with Crippen molar-refractivity contribution < 1.29 is 14.3 Å². The first-order chi connectivity index (χ1) is 14.5. The Morgan fingerprint density at radius 2 is 1.80 bits per heavy atom. The number of para-hydroxylation sites is 1. The standard InChI is InChI=1S/C22H23N3O4S/c1-3-29-22(28)18-19(15-7-4-5-8-16(15)23(2)21(18)27)24-10-12-25(13-11-24)20(26)17-9-6-14-30-17/h4-9,14H,3,10-13H2,1-2H3. The SMILES string of the molecule is CCOC(=O)c1c(N2CCN(C(=O)c3cccs3)CC2)c2ccccc2n(C)c1=O. The number of carbonyl (C=O) groups excluding carboxylic acids is 2. The zero-order chi connectivity index (χ0) is 21.3. The van der Waals surface area contributed by atoms with E-state index < -0.39 is 5.97 Å². The van der Waals surface area contributed by atoms with E-state index in [1.807, 2.05) is 51.6 Å². The first-order valence-corrected chi connectivity index (χ1v) is 10.8. The van der Waals surface area contributed by atoms with E-state index in [0.29, 0.717) is 31.9 Å². The summed E-state index contributed by atoms with van der Waals surface area (Å²) in [4.78, 5) is 43.0. The van der Waals surface area contributed by atoms with Crippen molar-refractivity contribution in [2.24, 2.45) is 7.05 Å². The molecule has 3 aromatic rings. The molecule has 0 saturated carbocycles. The first-order valence-electron chi connectivity index (χ1n) is 9.89. The van der Waals surface area contributed by atoms with Gasteiger partial charge in [-0.1, -0.05) is 24.3 Å². The number of ether oxygens (including phenoxy) is 1. The van der Waals surface area contributed by atoms with E-state index in [-0.39, 0.29) is 23.6 Å². The van der Waals surface area contributed by atoms with Gasteiger partial charge in [-0.3, -0.25) is 9.59 Å². The maximum atomic E-state index is 13.1. The van der Waals surface area contributed by atoms with Crippen LogP contribution in [-0.4, -0.2) is 54.1 Å². The number of piperazine rings is 1. The molecule has 1 saturated heterocycles. The van der Waals surface area contributed by atoms with Crippen LogP contribution >= 0.6 is 11.3 Å². The number of rotatable bonds is 4. The van der Waals surface area contributed by atoms with Crippen molar-refractivity contribution in [3.05, 3.63) is 62.6 Å². The molecule has 7 nitrogen and oxygen atoms in total. The van der Waals surface area contributed by atoms with Crippen LogP contribution in [0.2, 0.25) is 0 Å². The smallest absolute Gasteiger partial charge is 0.345 e. The number of hydrogen-bond donors (Lipinski definition) is 0. The van der Waals surface area contributed by atoms with E-state index in [2.05, 4.69) is 0 Å². The third-order valence-electron chi connectivity index (χ3n) is 5.37. The van der Waals surface area contributed by atoms with E-state index in [1.165, 1.54) is 15.9 Å². The Kier molecular flexibility index (Phi) is 5.59. The second kappa shape index (κ2) is 8.31. The lowest BCUT2D eigenvalue weighted by Crippen LogP contribution is -2.49. The Hall–Kier alpha value is -3.13. The number of amides is 1. The maximum Gasteiger partial charge on any atom is 0.345 e. The van der Waals surface area contributed by atoms with Crippen LogP contribution in [-0.2, 0) is 11.8 Å². The van der Waals surface area contributed by atoms with Crippen molar-refractivity contribution in [2.45, 2.75) is 6.92 Å². The van der Waals surface area contributed by atoms with E-state index in [4.69, 9.17) is 4.74 Å². The molecule has 0 bridgehead atoms. The molecule has 0 spiro atoms. The fraction of sp³-hybridized carbons (Fsp3) is 0.318. The van der Waals surface area contributed by atoms with Crippen LogP contribution in [0.15, 0.2) is 46.6 Å². The van der Waals surface area contributed by atoms with Gasteiger partial charge in [0.1, 0.15) is 5.56 Å². The molecule has 1 aliphatic heterocycles. The lowest BCUT2D eigenvalue weighted by atomic mass is 10.1. The van der Waals surface area contributed by atoms with Crippen molar-refractivity contribution in [3.63, 3.8) is 0 Å². The largest absolute Gasteiger partial charge is 0.462 e. The molecule has 156 valence electrons. The highest BCUT2D eigenvalue weighted by Gasteiger charge is 2.29. The highest BCUT2D eigenvalue weighted by molar-refractivity contribution is 7.12. The summed E-state index contributed by atoms with van der Waals surface area (Å²) in [6, 6.07) is 11.2. The van der Waals surface area contributed by atoms with Crippen LogP contribution in [0.1, 0.15) is 27.0 Å². The van der Waals surface area contributed by atoms with E-state index >= 15 is 0 Å². The summed E-state index contributed by atoms with van der Waals surface area (Å²) in [5.41, 5.74) is 1.02. The molecule has 0 aliphatic carbocycles. The Balaban J connectivity index is 1.72. The van der Waals surface area contributed by atoms with Gasteiger partial charge in [-0.2, -0.15) is 0 Å². The van der Waals surface area contributed by atoms with Crippen molar-refractivity contribution in [3.8, 4) is 0 Å². The molecule has 0 atom stereocenters. The second-order valence-electron chi connectivity index (χ2n) is 7.08. The summed E-state index contributed by atoms with van der Waals surface area (Å²) < 4.78 is 6.70. The number of anilines is 1. The summed E-state index contributed by atoms with van der Waals surface area (Å²) >= 11 is 1.43. The predicted molar refractivity (Wildman–Crippen MR) is 118 cm³/mol. The highest BCUT2D eigenvalue weighted by Crippen LogP contribution is 2.30. The number of aromatic nitrogens is 1. The number of fused-ring (bicyclic) bond motifs is 1. The third-order valence-corrected chi connectivity index (χ3v) is 6.23. The average Bonchev–Trinajstić information content (AvgIpc) is 3.31. The molecule has 30 heavy (non-hydrogen) atoms. The number of benzene rings is 1. The van der Waals surface area contributed by atoms with Gasteiger partial charge in [0, 0.05) is 38.6 Å². The summed E-state index contributed by atoms with van der Waals surface area (Å²) in [7, 11) is 1.66. The van der Waals surface area contributed by atoms with E-state index in [0.717, 1.165) is 15.8 Å². The minimum absolute atomic E-state index is 0.0177. The molecule has 1 fully saturated rings. The van der Waals surface area contributed by atoms with E-state index in [9.17, 15) is 14.4 Å². The Morgan fingerprint density at radius 3 is 2.47 bits per heavy atom. The van der Waals surface area contributed by atoms with Crippen molar-refractivity contribution >= 4 is 39.8 Å². The summed E-state index contributed by atoms with van der Waals surface area (Å²) in [5, 5.41) is 2.71. The molecule has 3 heterocycles. The molecule has 2 aromatic heterocycles. The number of thiophene rings is 1. The Morgan fingerprint density at radius 1 is 1.07 bits per heavy atom. The molecule has 1 amide bonds. The van der Waals surface area contributed by atoms with Crippen molar-refractivity contribution in [1.29, 1.82) is 0 Å². The zero-order valence-electron chi connectivity index (χ0n) is 17.0. The normalized spacial score (nSPS) is 14.2. The summed E-state index contributed by atoms with van der Waals surface area (Å²) in [5.74, 6) is -0.597. The number of carbonyl (C=O) groups is 2. The monoisotopic (exact) mass is 425 g/mol. The lowest BCUT2D eigenvalue weighted by Gasteiger charge is -2.37. The summed E-state index contributed by atoms with van der Waals surface area (Å²) in [6.45, 7) is 4.00.